The van der Waals surface area contributed by atoms with E-state index in [1.54, 1.807) is 7.11 Å². The maximum Gasteiger partial charge on any atom is 0.118 e. The summed E-state index contributed by atoms with van der Waals surface area (Å²) in [6.45, 7) is 7.29. The Bertz CT molecular complexity index is 600. The molecule has 0 amide bonds. The zero-order valence-corrected chi connectivity index (χ0v) is 21.5. The molecule has 0 heterocycles. The van der Waals surface area contributed by atoms with Gasteiger partial charge in [0.25, 0.3) is 0 Å². The average molecular weight is 443 g/mol. The van der Waals surface area contributed by atoms with Gasteiger partial charge < -0.3 is 9.47 Å². The maximum atomic E-state index is 6.36. The lowest BCUT2D eigenvalue weighted by Crippen LogP contribution is -2.13. The molecule has 0 aliphatic rings. The molecule has 1 aromatic rings. The average Bonchev–Trinajstić information content (AvgIpc) is 2.83. The molecule has 0 spiro atoms. The minimum Gasteiger partial charge on any atom is -0.497 e. The van der Waals surface area contributed by atoms with Crippen LogP contribution in [0.2, 0.25) is 0 Å². The van der Waals surface area contributed by atoms with Crippen LogP contribution in [0, 0.1) is 0 Å². The van der Waals surface area contributed by atoms with Crippen molar-refractivity contribution in [2.75, 3.05) is 7.11 Å². The Morgan fingerprint density at radius 3 is 2.09 bits per heavy atom. The van der Waals surface area contributed by atoms with Gasteiger partial charge in [-0.3, -0.25) is 0 Å². The lowest BCUT2D eigenvalue weighted by Gasteiger charge is -2.18. The van der Waals surface area contributed by atoms with Crippen molar-refractivity contribution in [1.82, 2.24) is 0 Å². The van der Waals surface area contributed by atoms with Gasteiger partial charge in [-0.15, -0.1) is 0 Å². The van der Waals surface area contributed by atoms with E-state index in [1.807, 2.05) is 12.1 Å². The van der Waals surface area contributed by atoms with E-state index in [0.29, 0.717) is 12.7 Å². The lowest BCUT2D eigenvalue weighted by atomic mass is 10.0. The summed E-state index contributed by atoms with van der Waals surface area (Å²) in [7, 11) is 1.71. The van der Waals surface area contributed by atoms with Gasteiger partial charge >= 0.3 is 0 Å². The molecule has 2 heteroatoms. The molecule has 0 aliphatic carbocycles. The van der Waals surface area contributed by atoms with Gasteiger partial charge in [0.1, 0.15) is 5.75 Å². The first-order valence-corrected chi connectivity index (χ1v) is 13.2. The van der Waals surface area contributed by atoms with E-state index in [1.165, 1.54) is 94.6 Å². The first-order valence-electron chi connectivity index (χ1n) is 13.2. The molecule has 0 bridgehead atoms. The van der Waals surface area contributed by atoms with Crippen molar-refractivity contribution in [1.29, 1.82) is 0 Å². The summed E-state index contributed by atoms with van der Waals surface area (Å²) in [6.07, 6.45) is 25.3. The van der Waals surface area contributed by atoms with Crippen molar-refractivity contribution >= 4 is 0 Å². The molecule has 182 valence electrons. The smallest absolute Gasteiger partial charge is 0.118 e. The number of rotatable bonds is 20. The van der Waals surface area contributed by atoms with Crippen molar-refractivity contribution in [2.24, 2.45) is 0 Å². The Morgan fingerprint density at radius 2 is 1.47 bits per heavy atom. The van der Waals surface area contributed by atoms with E-state index in [-0.39, 0.29) is 0 Å². The summed E-state index contributed by atoms with van der Waals surface area (Å²) in [5.74, 6) is 0.905. The Labute approximate surface area is 199 Å². The van der Waals surface area contributed by atoms with Crippen molar-refractivity contribution in [3.8, 4) is 5.75 Å². The van der Waals surface area contributed by atoms with Crippen LogP contribution in [0.5, 0.6) is 5.75 Å². The molecule has 0 saturated carbocycles. The van der Waals surface area contributed by atoms with E-state index >= 15 is 0 Å². The second kappa shape index (κ2) is 20.1. The monoisotopic (exact) mass is 442 g/mol. The Kier molecular flexibility index (Phi) is 17.9. The number of unbranched alkanes of at least 4 members (excludes halogenated alkanes) is 8. The summed E-state index contributed by atoms with van der Waals surface area (Å²) >= 11 is 0. The van der Waals surface area contributed by atoms with Gasteiger partial charge in [-0.05, 0) is 76.5 Å². The molecular formula is C30H50O2. The molecule has 0 fully saturated rings. The second-order valence-electron chi connectivity index (χ2n) is 9.09. The van der Waals surface area contributed by atoms with Crippen LogP contribution < -0.4 is 4.74 Å². The van der Waals surface area contributed by atoms with Gasteiger partial charge in [0.2, 0.25) is 0 Å². The number of methoxy groups -OCH3 is 1. The number of hydrogen-bond donors (Lipinski definition) is 0. The van der Waals surface area contributed by atoms with E-state index in [9.17, 15) is 0 Å². The lowest BCUT2D eigenvalue weighted by molar-refractivity contribution is 0.0262. The number of hydrogen-bond acceptors (Lipinski definition) is 2. The SMILES string of the molecule is C/C=C(/C)CCCCCCCCCC(CCCC/C=C\CC)OCc1ccc(OC)cc1. The quantitative estimate of drug-likeness (QED) is 0.148. The van der Waals surface area contributed by atoms with Crippen LogP contribution in [0.1, 0.15) is 116 Å². The fraction of sp³-hybridized carbons (Fsp3) is 0.667. The van der Waals surface area contributed by atoms with E-state index < -0.39 is 0 Å². The molecule has 0 aromatic heterocycles. The largest absolute Gasteiger partial charge is 0.497 e. The molecule has 1 unspecified atom stereocenters. The summed E-state index contributed by atoms with van der Waals surface area (Å²) in [5.41, 5.74) is 2.77. The Balaban J connectivity index is 2.26. The van der Waals surface area contributed by atoms with Crippen LogP contribution in [-0.2, 0) is 11.3 Å². The van der Waals surface area contributed by atoms with E-state index in [0.717, 1.165) is 12.2 Å². The van der Waals surface area contributed by atoms with Crippen LogP contribution in [0.3, 0.4) is 0 Å². The van der Waals surface area contributed by atoms with Crippen LogP contribution in [0.15, 0.2) is 48.1 Å². The van der Waals surface area contributed by atoms with Gasteiger partial charge in [0.05, 0.1) is 19.8 Å². The van der Waals surface area contributed by atoms with Crippen molar-refractivity contribution in [2.45, 2.75) is 123 Å². The molecule has 0 N–H and O–H groups in total. The number of benzene rings is 1. The number of ether oxygens (including phenoxy) is 2. The third-order valence-electron chi connectivity index (χ3n) is 6.28. The summed E-state index contributed by atoms with van der Waals surface area (Å²) < 4.78 is 11.6. The van der Waals surface area contributed by atoms with Crippen LogP contribution in [0.25, 0.3) is 0 Å². The van der Waals surface area contributed by atoms with Gasteiger partial charge in [-0.1, -0.05) is 87.8 Å². The predicted molar refractivity (Wildman–Crippen MR) is 140 cm³/mol. The molecule has 1 atom stereocenters. The van der Waals surface area contributed by atoms with Crippen molar-refractivity contribution in [3.05, 3.63) is 53.6 Å². The fourth-order valence-electron chi connectivity index (χ4n) is 3.97. The third-order valence-corrected chi connectivity index (χ3v) is 6.28. The minimum absolute atomic E-state index is 0.385. The predicted octanol–water partition coefficient (Wildman–Crippen LogP) is 9.58. The molecule has 1 aromatic carbocycles. The highest BCUT2D eigenvalue weighted by Crippen LogP contribution is 2.19. The van der Waals surface area contributed by atoms with Crippen LogP contribution >= 0.6 is 0 Å². The highest BCUT2D eigenvalue weighted by atomic mass is 16.5. The highest BCUT2D eigenvalue weighted by Gasteiger charge is 2.09. The zero-order valence-electron chi connectivity index (χ0n) is 21.5. The third kappa shape index (κ3) is 15.3. The van der Waals surface area contributed by atoms with E-state index in [4.69, 9.17) is 9.47 Å². The van der Waals surface area contributed by atoms with Gasteiger partial charge in [0.15, 0.2) is 0 Å². The summed E-state index contributed by atoms with van der Waals surface area (Å²) in [6, 6.07) is 8.27. The molecule has 0 aliphatic heterocycles. The molecule has 0 saturated heterocycles. The first kappa shape index (κ1) is 28.5. The van der Waals surface area contributed by atoms with Crippen LogP contribution in [-0.4, -0.2) is 13.2 Å². The number of allylic oxidation sites excluding steroid dienone is 4. The van der Waals surface area contributed by atoms with Crippen LogP contribution in [0.4, 0.5) is 0 Å². The first-order chi connectivity index (χ1) is 15.7. The Morgan fingerprint density at radius 1 is 0.844 bits per heavy atom. The zero-order chi connectivity index (χ0) is 23.3. The van der Waals surface area contributed by atoms with E-state index in [2.05, 4.69) is 51.1 Å². The molecule has 32 heavy (non-hydrogen) atoms. The highest BCUT2D eigenvalue weighted by molar-refractivity contribution is 5.26. The minimum atomic E-state index is 0.385. The van der Waals surface area contributed by atoms with Crippen molar-refractivity contribution in [3.63, 3.8) is 0 Å². The Hall–Kier alpha value is -1.54. The van der Waals surface area contributed by atoms with Gasteiger partial charge in [0, 0.05) is 0 Å². The molecular weight excluding hydrogens is 392 g/mol. The second-order valence-corrected chi connectivity index (χ2v) is 9.09. The molecule has 1 rings (SSSR count). The van der Waals surface area contributed by atoms with Gasteiger partial charge in [-0.2, -0.15) is 0 Å². The molecule has 2 nitrogen and oxygen atoms in total. The van der Waals surface area contributed by atoms with Crippen molar-refractivity contribution < 1.29 is 9.47 Å². The maximum absolute atomic E-state index is 6.36. The normalized spacial score (nSPS) is 13.1. The standard InChI is InChI=1S/C30H50O2/c1-5-7-8-9-14-17-20-30(32-26-28-22-24-29(31-4)25-23-28)21-18-15-12-10-11-13-16-19-27(3)6-2/h6-8,22-25,30H,5,9-21,26H2,1-4H3/b8-7-,27-6-. The topological polar surface area (TPSA) is 18.5 Å². The fourth-order valence-corrected chi connectivity index (χ4v) is 3.97. The van der Waals surface area contributed by atoms with Gasteiger partial charge in [-0.25, -0.2) is 0 Å². The molecule has 0 radical (unpaired) electrons. The summed E-state index contributed by atoms with van der Waals surface area (Å²) in [5, 5.41) is 0. The summed E-state index contributed by atoms with van der Waals surface area (Å²) in [4.78, 5) is 0.